The van der Waals surface area contributed by atoms with Crippen molar-refractivity contribution in [3.8, 4) is 5.69 Å². The van der Waals surface area contributed by atoms with Crippen LogP contribution >= 0.6 is 9.44 Å². The predicted octanol–water partition coefficient (Wildman–Crippen LogP) is 4.39. The van der Waals surface area contributed by atoms with E-state index in [2.05, 4.69) is 33.3 Å². The van der Waals surface area contributed by atoms with Crippen molar-refractivity contribution in [3.63, 3.8) is 0 Å². The van der Waals surface area contributed by atoms with E-state index >= 15 is 0 Å². The minimum atomic E-state index is -0.895. The van der Waals surface area contributed by atoms with Crippen molar-refractivity contribution in [1.29, 1.82) is 0 Å². The Kier molecular flexibility index (Phi) is 5.17. The van der Waals surface area contributed by atoms with Crippen molar-refractivity contribution >= 4 is 9.44 Å². The Morgan fingerprint density at radius 2 is 1.69 bits per heavy atom. The molecule has 1 atom stereocenters. The molecule has 0 heterocycles. The average Bonchev–Trinajstić information content (AvgIpc) is 2.02. The third-order valence-corrected chi connectivity index (χ3v) is 6.36. The van der Waals surface area contributed by atoms with Crippen LogP contribution in [0.5, 0.6) is 0 Å². The second-order valence-electron chi connectivity index (χ2n) is 4.67. The quantitative estimate of drug-likeness (QED) is 0.580. The molecule has 0 saturated heterocycles. The predicted molar refractivity (Wildman–Crippen MR) is 67.2 cm³/mol. The maximum absolute atomic E-state index is 6.29. The maximum atomic E-state index is 6.29. The molecule has 0 aliphatic carbocycles. The minimum absolute atomic E-state index is 0.391. The Morgan fingerprint density at radius 1 is 1.15 bits per heavy atom. The molecular formula is C12H26S. The van der Waals surface area contributed by atoms with Crippen LogP contribution in [0.4, 0.5) is 0 Å². The molecule has 0 aliphatic heterocycles. The van der Waals surface area contributed by atoms with Gasteiger partial charge in [-0.2, -0.15) is 9.44 Å². The first-order chi connectivity index (χ1) is 5.87. The SMILES string of the molecule is C#S(C)(C)C(C)(CC)CCCCC. The average molecular weight is 202 g/mol. The minimum Gasteiger partial charge on any atom is -0.192 e. The first kappa shape index (κ1) is 13.1. The molecule has 1 unspecified atom stereocenters. The lowest BCUT2D eigenvalue weighted by molar-refractivity contribution is 0.523. The summed E-state index contributed by atoms with van der Waals surface area (Å²) in [6.07, 6.45) is 11.0. The van der Waals surface area contributed by atoms with Crippen LogP contribution in [-0.2, 0) is 0 Å². The highest BCUT2D eigenvalue weighted by Crippen LogP contribution is 2.45. The monoisotopic (exact) mass is 202 g/mol. The van der Waals surface area contributed by atoms with Gasteiger partial charge in [0.1, 0.15) is 0 Å². The van der Waals surface area contributed by atoms with Crippen LogP contribution in [0.25, 0.3) is 0 Å². The van der Waals surface area contributed by atoms with Crippen molar-refractivity contribution in [2.45, 2.75) is 57.6 Å². The lowest BCUT2D eigenvalue weighted by Crippen LogP contribution is -2.24. The van der Waals surface area contributed by atoms with E-state index in [1.165, 1.54) is 32.1 Å². The molecule has 0 nitrogen and oxygen atoms in total. The van der Waals surface area contributed by atoms with Gasteiger partial charge in [-0.1, -0.05) is 40.0 Å². The van der Waals surface area contributed by atoms with E-state index in [0.717, 1.165) is 0 Å². The van der Waals surface area contributed by atoms with Crippen molar-refractivity contribution < 1.29 is 0 Å². The normalized spacial score (nSPS) is 16.9. The molecule has 0 radical (unpaired) electrons. The Morgan fingerprint density at radius 3 is 2.00 bits per heavy atom. The Balaban J connectivity index is 4.25. The zero-order chi connectivity index (χ0) is 10.5. The lowest BCUT2D eigenvalue weighted by atomic mass is 10.00. The topological polar surface area (TPSA) is 0 Å². The molecular weight excluding hydrogens is 176 g/mol. The Hall–Kier alpha value is 0.130. The largest absolute Gasteiger partial charge is 0.192 e. The van der Waals surface area contributed by atoms with E-state index in [0.29, 0.717) is 4.75 Å². The summed E-state index contributed by atoms with van der Waals surface area (Å²) in [4.78, 5) is 0. The highest BCUT2D eigenvalue weighted by Gasteiger charge is 2.26. The van der Waals surface area contributed by atoms with Gasteiger partial charge in [0.05, 0.1) is 0 Å². The molecule has 0 aliphatic rings. The van der Waals surface area contributed by atoms with Crippen LogP contribution in [0.15, 0.2) is 0 Å². The fourth-order valence-electron chi connectivity index (χ4n) is 1.56. The van der Waals surface area contributed by atoms with Crippen molar-refractivity contribution in [1.82, 2.24) is 0 Å². The molecule has 0 fully saturated rings. The molecule has 0 rings (SSSR count). The summed E-state index contributed by atoms with van der Waals surface area (Å²) in [5.74, 6) is 0. The first-order valence-electron chi connectivity index (χ1n) is 5.38. The highest BCUT2D eigenvalue weighted by atomic mass is 32.2. The number of hydrogen-bond donors (Lipinski definition) is 0. The molecule has 0 amide bonds. The first-order valence-corrected chi connectivity index (χ1v) is 7.89. The van der Waals surface area contributed by atoms with E-state index in [4.69, 9.17) is 5.69 Å². The van der Waals surface area contributed by atoms with E-state index in [1.54, 1.807) is 0 Å². The van der Waals surface area contributed by atoms with Gasteiger partial charge in [-0.25, -0.2) is 0 Å². The van der Waals surface area contributed by atoms with Gasteiger partial charge in [0.2, 0.25) is 0 Å². The zero-order valence-electron chi connectivity index (χ0n) is 10.0. The van der Waals surface area contributed by atoms with Gasteiger partial charge in [0.25, 0.3) is 0 Å². The number of rotatable bonds is 5. The third-order valence-electron chi connectivity index (χ3n) is 3.33. The van der Waals surface area contributed by atoms with Crippen molar-refractivity contribution in [2.24, 2.45) is 0 Å². The lowest BCUT2D eigenvalue weighted by Gasteiger charge is -2.37. The molecule has 13 heavy (non-hydrogen) atoms. The molecule has 0 aromatic carbocycles. The molecule has 0 N–H and O–H groups in total. The standard InChI is InChI=1S/C12H26S/c1-7-9-10-11-12(3,8-2)13(4,5)6/h4H,7-11H2,1-3,5-6H3. The number of hydrogen-bond acceptors (Lipinski definition) is 0. The van der Waals surface area contributed by atoms with E-state index in [-0.39, 0.29) is 0 Å². The van der Waals surface area contributed by atoms with E-state index < -0.39 is 9.44 Å². The van der Waals surface area contributed by atoms with E-state index in [9.17, 15) is 0 Å². The molecule has 0 spiro atoms. The fourth-order valence-corrected chi connectivity index (χ4v) is 2.98. The van der Waals surface area contributed by atoms with Crippen LogP contribution in [0.2, 0.25) is 0 Å². The van der Waals surface area contributed by atoms with Crippen LogP contribution in [0.1, 0.15) is 52.9 Å². The number of unbranched alkanes of at least 4 members (excludes halogenated alkanes) is 2. The van der Waals surface area contributed by atoms with Gasteiger partial charge in [0.15, 0.2) is 0 Å². The van der Waals surface area contributed by atoms with Gasteiger partial charge in [-0.05, 0) is 25.4 Å². The van der Waals surface area contributed by atoms with Crippen LogP contribution in [0.3, 0.4) is 0 Å². The molecule has 0 bridgehead atoms. The maximum Gasteiger partial charge on any atom is 0.00563 e. The van der Waals surface area contributed by atoms with Gasteiger partial charge >= 0.3 is 0 Å². The third kappa shape index (κ3) is 3.79. The molecule has 0 aromatic rings. The van der Waals surface area contributed by atoms with Gasteiger partial charge in [0, 0.05) is 4.75 Å². The summed E-state index contributed by atoms with van der Waals surface area (Å²) in [6, 6.07) is 0. The molecule has 0 saturated carbocycles. The summed E-state index contributed by atoms with van der Waals surface area (Å²) in [5, 5.41) is 0. The smallest absolute Gasteiger partial charge is 0.00563 e. The summed E-state index contributed by atoms with van der Waals surface area (Å²) in [7, 11) is -0.895. The fraction of sp³-hybridized carbons (Fsp3) is 0.917. The molecule has 80 valence electrons. The summed E-state index contributed by atoms with van der Waals surface area (Å²) in [6.45, 7) is 6.88. The molecule has 0 aromatic heterocycles. The Labute approximate surface area is 85.7 Å². The summed E-state index contributed by atoms with van der Waals surface area (Å²) in [5.41, 5.74) is 6.29. The molecule has 1 heteroatoms. The van der Waals surface area contributed by atoms with Gasteiger partial charge in [-0.15, -0.1) is 5.69 Å². The van der Waals surface area contributed by atoms with Crippen LogP contribution in [-0.4, -0.2) is 17.3 Å². The zero-order valence-corrected chi connectivity index (χ0v) is 10.8. The van der Waals surface area contributed by atoms with E-state index in [1.807, 2.05) is 0 Å². The Bertz CT molecular complexity index is 222. The summed E-state index contributed by atoms with van der Waals surface area (Å²) >= 11 is 0. The summed E-state index contributed by atoms with van der Waals surface area (Å²) < 4.78 is 0.391. The van der Waals surface area contributed by atoms with Crippen molar-refractivity contribution in [3.05, 3.63) is 0 Å². The van der Waals surface area contributed by atoms with Gasteiger partial charge < -0.3 is 0 Å². The highest BCUT2D eigenvalue weighted by molar-refractivity contribution is 8.23. The second kappa shape index (κ2) is 5.12. The second-order valence-corrected chi connectivity index (χ2v) is 8.46. The van der Waals surface area contributed by atoms with Crippen LogP contribution < -0.4 is 0 Å². The van der Waals surface area contributed by atoms with Crippen molar-refractivity contribution in [2.75, 3.05) is 12.5 Å². The van der Waals surface area contributed by atoms with Crippen LogP contribution in [0, 0.1) is 5.69 Å². The van der Waals surface area contributed by atoms with Gasteiger partial charge in [-0.3, -0.25) is 0 Å².